The summed E-state index contributed by atoms with van der Waals surface area (Å²) in [5.74, 6) is 1.63. The van der Waals surface area contributed by atoms with Gasteiger partial charge >= 0.3 is 0 Å². The van der Waals surface area contributed by atoms with Crippen LogP contribution in [0.25, 0.3) is 0 Å². The molecule has 0 amide bonds. The molecule has 1 spiro atoms. The molecule has 112 valence electrons. The van der Waals surface area contributed by atoms with E-state index in [1.165, 1.54) is 5.56 Å². The lowest BCUT2D eigenvalue weighted by Gasteiger charge is -2.35. The maximum Gasteiger partial charge on any atom is 0.167 e. The van der Waals surface area contributed by atoms with Gasteiger partial charge in [0.05, 0.1) is 18.6 Å². The van der Waals surface area contributed by atoms with E-state index in [0.29, 0.717) is 12.5 Å². The van der Waals surface area contributed by atoms with Gasteiger partial charge in [0.2, 0.25) is 0 Å². The first-order valence-electron chi connectivity index (χ1n) is 7.66. The highest BCUT2D eigenvalue weighted by molar-refractivity contribution is 5.71. The lowest BCUT2D eigenvalue weighted by molar-refractivity contribution is 0.0841. The first-order valence-corrected chi connectivity index (χ1v) is 7.66. The second-order valence-electron chi connectivity index (χ2n) is 6.41. The number of nitrogens with one attached hydrogen (secondary N) is 1. The summed E-state index contributed by atoms with van der Waals surface area (Å²) in [5, 5.41) is 13.6. The Morgan fingerprint density at radius 2 is 2.29 bits per heavy atom. The molecule has 1 aromatic carbocycles. The topological polar surface area (TPSA) is 50.7 Å². The number of aliphatic hydroxyl groups excluding tert-OH is 1. The van der Waals surface area contributed by atoms with E-state index in [9.17, 15) is 5.11 Å². The number of aliphatic hydroxyl groups is 1. The molecule has 0 saturated carbocycles. The number of methoxy groups -OCH3 is 1. The zero-order valence-electron chi connectivity index (χ0n) is 12.4. The Morgan fingerprint density at radius 3 is 3.10 bits per heavy atom. The fourth-order valence-electron chi connectivity index (χ4n) is 4.02. The number of anilines is 1. The van der Waals surface area contributed by atoms with Crippen LogP contribution in [0.4, 0.5) is 5.69 Å². The van der Waals surface area contributed by atoms with Gasteiger partial charge in [-0.05, 0) is 31.9 Å². The van der Waals surface area contributed by atoms with Crippen molar-refractivity contribution in [1.29, 1.82) is 0 Å². The maximum absolute atomic E-state index is 9.97. The van der Waals surface area contributed by atoms with E-state index in [4.69, 9.17) is 9.47 Å². The Balaban J connectivity index is 1.95. The van der Waals surface area contributed by atoms with E-state index in [1.54, 1.807) is 7.11 Å². The van der Waals surface area contributed by atoms with Gasteiger partial charge in [0.15, 0.2) is 11.5 Å². The van der Waals surface area contributed by atoms with Crippen molar-refractivity contribution in [3.8, 4) is 11.5 Å². The fourth-order valence-corrected chi connectivity index (χ4v) is 4.02. The van der Waals surface area contributed by atoms with Crippen LogP contribution in [-0.4, -0.2) is 30.5 Å². The van der Waals surface area contributed by atoms with E-state index in [1.807, 2.05) is 12.1 Å². The molecular formula is C17H21NO3. The van der Waals surface area contributed by atoms with Crippen LogP contribution in [0, 0.1) is 0 Å². The van der Waals surface area contributed by atoms with Crippen LogP contribution in [0.5, 0.6) is 11.5 Å². The molecule has 4 nitrogen and oxygen atoms in total. The Bertz CT molecular complexity index is 612. The summed E-state index contributed by atoms with van der Waals surface area (Å²) in [4.78, 5) is 0. The summed E-state index contributed by atoms with van der Waals surface area (Å²) >= 11 is 0. The standard InChI is InChI=1S/C17H21NO3/c1-10-5-7-17-8-6-11(19)9-14(17)21-16-13(20-2)4-3-12(18-10)15(16)17/h3-4,6,8,10-11,14,18-19H,5,7,9H2,1-2H3. The van der Waals surface area contributed by atoms with Crippen LogP contribution < -0.4 is 14.8 Å². The van der Waals surface area contributed by atoms with Gasteiger partial charge in [-0.15, -0.1) is 0 Å². The normalized spacial score (nSPS) is 36.0. The SMILES string of the molecule is COc1ccc2c3c1OC1CC(O)C=CC31CCC(C)N2. The first-order chi connectivity index (χ1) is 10.1. The van der Waals surface area contributed by atoms with Gasteiger partial charge in [-0.2, -0.15) is 0 Å². The molecule has 0 bridgehead atoms. The zero-order valence-corrected chi connectivity index (χ0v) is 12.4. The quantitative estimate of drug-likeness (QED) is 0.780. The predicted molar refractivity (Wildman–Crippen MR) is 81.2 cm³/mol. The van der Waals surface area contributed by atoms with E-state index < -0.39 is 6.10 Å². The van der Waals surface area contributed by atoms with Gasteiger partial charge in [-0.1, -0.05) is 12.2 Å². The average molecular weight is 287 g/mol. The van der Waals surface area contributed by atoms with Gasteiger partial charge in [-0.25, -0.2) is 0 Å². The highest BCUT2D eigenvalue weighted by Gasteiger charge is 2.52. The lowest BCUT2D eigenvalue weighted by atomic mass is 9.69. The molecule has 0 aromatic heterocycles. The van der Waals surface area contributed by atoms with Crippen molar-refractivity contribution in [3.63, 3.8) is 0 Å². The van der Waals surface area contributed by atoms with E-state index in [-0.39, 0.29) is 11.5 Å². The van der Waals surface area contributed by atoms with E-state index in [0.717, 1.165) is 30.0 Å². The molecule has 1 aliphatic carbocycles. The number of hydrogen-bond donors (Lipinski definition) is 2. The highest BCUT2D eigenvalue weighted by Crippen LogP contribution is 2.57. The van der Waals surface area contributed by atoms with Crippen LogP contribution in [0.3, 0.4) is 0 Å². The summed E-state index contributed by atoms with van der Waals surface area (Å²) in [6, 6.07) is 4.49. The minimum Gasteiger partial charge on any atom is -0.493 e. The number of rotatable bonds is 1. The first kappa shape index (κ1) is 13.0. The van der Waals surface area contributed by atoms with Gasteiger partial charge in [-0.3, -0.25) is 0 Å². The molecule has 0 fully saturated rings. The van der Waals surface area contributed by atoms with Gasteiger partial charge in [0, 0.05) is 23.7 Å². The van der Waals surface area contributed by atoms with E-state index in [2.05, 4.69) is 24.4 Å². The maximum atomic E-state index is 9.97. The van der Waals surface area contributed by atoms with Gasteiger partial charge < -0.3 is 19.9 Å². The molecule has 2 heterocycles. The fraction of sp³-hybridized carbons (Fsp3) is 0.529. The Hall–Kier alpha value is -1.68. The summed E-state index contributed by atoms with van der Waals surface area (Å²) in [7, 11) is 1.67. The molecule has 3 aliphatic rings. The summed E-state index contributed by atoms with van der Waals surface area (Å²) in [5.41, 5.74) is 2.22. The van der Waals surface area contributed by atoms with Gasteiger partial charge in [0.1, 0.15) is 6.10 Å². The van der Waals surface area contributed by atoms with Crippen molar-refractivity contribution in [2.75, 3.05) is 12.4 Å². The molecule has 0 radical (unpaired) electrons. The summed E-state index contributed by atoms with van der Waals surface area (Å²) < 4.78 is 11.7. The third-order valence-corrected chi connectivity index (χ3v) is 5.11. The van der Waals surface area contributed by atoms with Crippen molar-refractivity contribution >= 4 is 5.69 Å². The monoisotopic (exact) mass is 287 g/mol. The minimum atomic E-state index is -0.419. The molecule has 0 saturated heterocycles. The molecule has 1 aromatic rings. The largest absolute Gasteiger partial charge is 0.493 e. The molecule has 2 N–H and O–H groups in total. The zero-order chi connectivity index (χ0) is 14.6. The highest BCUT2D eigenvalue weighted by atomic mass is 16.5. The number of hydrogen-bond acceptors (Lipinski definition) is 4. The molecule has 4 unspecified atom stereocenters. The lowest BCUT2D eigenvalue weighted by Crippen LogP contribution is -2.41. The molecule has 4 heteroatoms. The van der Waals surface area contributed by atoms with Crippen molar-refractivity contribution in [3.05, 3.63) is 29.8 Å². The van der Waals surface area contributed by atoms with Crippen LogP contribution >= 0.6 is 0 Å². The van der Waals surface area contributed by atoms with Crippen molar-refractivity contribution in [2.24, 2.45) is 0 Å². The Morgan fingerprint density at radius 1 is 1.43 bits per heavy atom. The minimum absolute atomic E-state index is 0.00495. The van der Waals surface area contributed by atoms with Crippen LogP contribution in [-0.2, 0) is 5.41 Å². The summed E-state index contributed by atoms with van der Waals surface area (Å²) in [6.45, 7) is 2.21. The molecular weight excluding hydrogens is 266 g/mol. The van der Waals surface area contributed by atoms with Crippen molar-refractivity contribution < 1.29 is 14.6 Å². The van der Waals surface area contributed by atoms with Crippen LogP contribution in [0.1, 0.15) is 31.7 Å². The predicted octanol–water partition coefficient (Wildman–Crippen LogP) is 2.61. The van der Waals surface area contributed by atoms with Crippen molar-refractivity contribution in [2.45, 2.75) is 49.9 Å². The molecule has 4 atom stereocenters. The molecule has 2 aliphatic heterocycles. The second-order valence-corrected chi connectivity index (χ2v) is 6.41. The second kappa shape index (κ2) is 4.41. The van der Waals surface area contributed by atoms with Crippen molar-refractivity contribution in [1.82, 2.24) is 0 Å². The van der Waals surface area contributed by atoms with Crippen LogP contribution in [0.2, 0.25) is 0 Å². The third kappa shape index (κ3) is 1.72. The Labute approximate surface area is 124 Å². The molecule has 21 heavy (non-hydrogen) atoms. The Kier molecular flexibility index (Phi) is 2.73. The smallest absolute Gasteiger partial charge is 0.167 e. The van der Waals surface area contributed by atoms with Crippen LogP contribution in [0.15, 0.2) is 24.3 Å². The number of benzene rings is 1. The number of ether oxygens (including phenoxy) is 2. The average Bonchev–Trinajstić information content (AvgIpc) is 2.72. The van der Waals surface area contributed by atoms with E-state index >= 15 is 0 Å². The van der Waals surface area contributed by atoms with Gasteiger partial charge in [0.25, 0.3) is 0 Å². The molecule has 4 rings (SSSR count). The summed E-state index contributed by atoms with van der Waals surface area (Å²) in [6.07, 6.45) is 6.42. The third-order valence-electron chi connectivity index (χ3n) is 5.11.